The molecular formula is C13H10F2N2O2. The molecule has 98 valence electrons. The molecule has 2 rings (SSSR count). The van der Waals surface area contributed by atoms with E-state index in [-0.39, 0.29) is 6.54 Å². The summed E-state index contributed by atoms with van der Waals surface area (Å²) >= 11 is 0. The Morgan fingerprint density at radius 2 is 1.95 bits per heavy atom. The number of hydrogen-bond acceptors (Lipinski definition) is 3. The number of pyridine rings is 1. The zero-order valence-corrected chi connectivity index (χ0v) is 9.73. The summed E-state index contributed by atoms with van der Waals surface area (Å²) in [4.78, 5) is 14.0. The van der Waals surface area contributed by atoms with Gasteiger partial charge in [-0.15, -0.1) is 0 Å². The van der Waals surface area contributed by atoms with Gasteiger partial charge in [-0.05, 0) is 5.56 Å². The molecule has 0 amide bonds. The van der Waals surface area contributed by atoms with Gasteiger partial charge < -0.3 is 10.4 Å². The lowest BCUT2D eigenvalue weighted by Crippen LogP contribution is -2.11. The number of aromatic carboxylic acids is 1. The lowest BCUT2D eigenvalue weighted by atomic mass is 10.2. The number of halogens is 2. The highest BCUT2D eigenvalue weighted by molar-refractivity contribution is 5.93. The molecule has 4 nitrogen and oxygen atoms in total. The first kappa shape index (κ1) is 12.9. The van der Waals surface area contributed by atoms with E-state index in [9.17, 15) is 13.6 Å². The minimum Gasteiger partial charge on any atom is -0.478 e. The summed E-state index contributed by atoms with van der Waals surface area (Å²) in [5.41, 5.74) is 0.00847. The Morgan fingerprint density at radius 3 is 2.58 bits per heavy atom. The molecule has 1 aromatic carbocycles. The van der Waals surface area contributed by atoms with E-state index in [1.54, 1.807) is 24.3 Å². The molecule has 0 saturated carbocycles. The first-order chi connectivity index (χ1) is 9.09. The van der Waals surface area contributed by atoms with Gasteiger partial charge in [0, 0.05) is 12.7 Å². The van der Waals surface area contributed by atoms with Crippen molar-refractivity contribution < 1.29 is 18.7 Å². The third kappa shape index (κ3) is 2.85. The van der Waals surface area contributed by atoms with Crippen molar-refractivity contribution in [2.45, 2.75) is 6.54 Å². The van der Waals surface area contributed by atoms with Gasteiger partial charge in [-0.25, -0.2) is 9.78 Å². The molecule has 6 heteroatoms. The molecule has 2 N–H and O–H groups in total. The average molecular weight is 264 g/mol. The van der Waals surface area contributed by atoms with E-state index in [1.165, 1.54) is 0 Å². The number of benzene rings is 1. The smallest absolute Gasteiger partial charge is 0.339 e. The van der Waals surface area contributed by atoms with Crippen LogP contribution in [0.5, 0.6) is 0 Å². The number of carboxylic acid groups (broad SMARTS) is 1. The molecule has 0 aliphatic carbocycles. The Kier molecular flexibility index (Phi) is 3.70. The van der Waals surface area contributed by atoms with Crippen molar-refractivity contribution in [2.75, 3.05) is 5.32 Å². The second-order valence-electron chi connectivity index (χ2n) is 3.80. The second-order valence-corrected chi connectivity index (χ2v) is 3.80. The Hall–Kier alpha value is -2.50. The number of carboxylic acids is 1. The molecule has 0 aliphatic rings. The van der Waals surface area contributed by atoms with Gasteiger partial charge in [0.1, 0.15) is 5.56 Å². The van der Waals surface area contributed by atoms with Crippen molar-refractivity contribution >= 4 is 11.7 Å². The van der Waals surface area contributed by atoms with Crippen molar-refractivity contribution in [1.82, 2.24) is 4.98 Å². The van der Waals surface area contributed by atoms with E-state index in [1.807, 2.05) is 6.07 Å². The van der Waals surface area contributed by atoms with Crippen LogP contribution in [0.2, 0.25) is 0 Å². The number of nitrogens with one attached hydrogen (secondary N) is 1. The molecular weight excluding hydrogens is 254 g/mol. The fourth-order valence-electron chi connectivity index (χ4n) is 1.59. The van der Waals surface area contributed by atoms with Crippen LogP contribution in [-0.4, -0.2) is 16.1 Å². The summed E-state index contributed by atoms with van der Waals surface area (Å²) in [6, 6.07) is 8.96. The lowest BCUT2D eigenvalue weighted by molar-refractivity contribution is 0.0696. The monoisotopic (exact) mass is 264 g/mol. The van der Waals surface area contributed by atoms with Gasteiger partial charge in [0.2, 0.25) is 5.82 Å². The second kappa shape index (κ2) is 5.43. The fraction of sp³-hybridized carbons (Fsp3) is 0.0769. The Bertz CT molecular complexity index is 603. The first-order valence-corrected chi connectivity index (χ1v) is 5.44. The van der Waals surface area contributed by atoms with E-state index in [0.717, 1.165) is 11.8 Å². The third-order valence-corrected chi connectivity index (χ3v) is 2.52. The number of rotatable bonds is 4. The summed E-state index contributed by atoms with van der Waals surface area (Å²) in [5.74, 6) is -4.00. The standard InChI is InChI=1S/C13H10F2N2O2/c14-10-11(9(13(18)19)7-17-12(10)15)16-6-8-4-2-1-3-5-8/h1-5,7H,6H2,(H,16,17)(H,18,19). The van der Waals surface area contributed by atoms with Gasteiger partial charge in [-0.3, -0.25) is 0 Å². The highest BCUT2D eigenvalue weighted by atomic mass is 19.2. The van der Waals surface area contributed by atoms with E-state index in [0.29, 0.717) is 0 Å². The van der Waals surface area contributed by atoms with Crippen molar-refractivity contribution in [2.24, 2.45) is 0 Å². The largest absolute Gasteiger partial charge is 0.478 e. The number of aromatic nitrogens is 1. The van der Waals surface area contributed by atoms with Crippen LogP contribution >= 0.6 is 0 Å². The fourth-order valence-corrected chi connectivity index (χ4v) is 1.59. The average Bonchev–Trinajstić information content (AvgIpc) is 2.41. The van der Waals surface area contributed by atoms with Crippen molar-refractivity contribution in [3.05, 3.63) is 59.4 Å². The summed E-state index contributed by atoms with van der Waals surface area (Å²) in [6.07, 6.45) is 0.786. The maximum atomic E-state index is 13.6. The summed E-state index contributed by atoms with van der Waals surface area (Å²) in [6.45, 7) is 0.182. The van der Waals surface area contributed by atoms with Crippen LogP contribution in [0.15, 0.2) is 36.5 Å². The SMILES string of the molecule is O=C(O)c1cnc(F)c(F)c1NCc1ccccc1. The molecule has 2 aromatic rings. The predicted molar refractivity (Wildman–Crippen MR) is 64.9 cm³/mol. The molecule has 1 heterocycles. The minimum absolute atomic E-state index is 0.182. The molecule has 0 fully saturated rings. The van der Waals surface area contributed by atoms with Crippen molar-refractivity contribution in [3.8, 4) is 0 Å². The Balaban J connectivity index is 2.28. The van der Waals surface area contributed by atoms with Gasteiger partial charge in [-0.1, -0.05) is 30.3 Å². The molecule has 0 radical (unpaired) electrons. The maximum Gasteiger partial charge on any atom is 0.339 e. The number of carbonyl (C=O) groups is 1. The van der Waals surface area contributed by atoms with Gasteiger partial charge >= 0.3 is 5.97 Å². The summed E-state index contributed by atoms with van der Waals surface area (Å²) < 4.78 is 26.6. The zero-order valence-electron chi connectivity index (χ0n) is 9.73. The molecule has 1 aromatic heterocycles. The number of hydrogen-bond donors (Lipinski definition) is 2. The summed E-state index contributed by atoms with van der Waals surface area (Å²) in [7, 11) is 0. The molecule has 0 aliphatic heterocycles. The molecule has 0 spiro atoms. The zero-order chi connectivity index (χ0) is 13.8. The summed E-state index contributed by atoms with van der Waals surface area (Å²) in [5, 5.41) is 11.5. The molecule has 0 saturated heterocycles. The molecule has 19 heavy (non-hydrogen) atoms. The topological polar surface area (TPSA) is 62.2 Å². The van der Waals surface area contributed by atoms with Crippen LogP contribution in [0.4, 0.5) is 14.5 Å². The highest BCUT2D eigenvalue weighted by Gasteiger charge is 2.19. The predicted octanol–water partition coefficient (Wildman–Crippen LogP) is 2.67. The maximum absolute atomic E-state index is 13.6. The number of anilines is 1. The van der Waals surface area contributed by atoms with Crippen molar-refractivity contribution in [1.29, 1.82) is 0 Å². The van der Waals surface area contributed by atoms with Gasteiger partial charge in [-0.2, -0.15) is 8.78 Å². The molecule has 0 atom stereocenters. The van der Waals surface area contributed by atoms with Crippen LogP contribution in [0, 0.1) is 11.8 Å². The van der Waals surface area contributed by atoms with Crippen molar-refractivity contribution in [3.63, 3.8) is 0 Å². The van der Waals surface area contributed by atoms with E-state index < -0.39 is 29.0 Å². The van der Waals surface area contributed by atoms with Crippen LogP contribution in [-0.2, 0) is 6.54 Å². The molecule has 0 bridgehead atoms. The van der Waals surface area contributed by atoms with Gasteiger partial charge in [0.05, 0.1) is 5.69 Å². The normalized spacial score (nSPS) is 10.2. The van der Waals surface area contributed by atoms with Crippen LogP contribution in [0.1, 0.15) is 15.9 Å². The number of nitrogens with zero attached hydrogens (tertiary/aromatic N) is 1. The Morgan fingerprint density at radius 1 is 1.26 bits per heavy atom. The lowest BCUT2D eigenvalue weighted by Gasteiger charge is -2.10. The first-order valence-electron chi connectivity index (χ1n) is 5.44. The van der Waals surface area contributed by atoms with Gasteiger partial charge in [0.15, 0.2) is 0 Å². The van der Waals surface area contributed by atoms with E-state index >= 15 is 0 Å². The van der Waals surface area contributed by atoms with Crippen LogP contribution in [0.25, 0.3) is 0 Å². The Labute approximate surface area is 107 Å². The quantitative estimate of drug-likeness (QED) is 0.833. The highest BCUT2D eigenvalue weighted by Crippen LogP contribution is 2.21. The minimum atomic E-state index is -1.37. The van der Waals surface area contributed by atoms with E-state index in [4.69, 9.17) is 5.11 Å². The van der Waals surface area contributed by atoms with Crippen LogP contribution < -0.4 is 5.32 Å². The third-order valence-electron chi connectivity index (χ3n) is 2.52. The molecule has 0 unspecified atom stereocenters. The van der Waals surface area contributed by atoms with Gasteiger partial charge in [0.25, 0.3) is 5.95 Å². The van der Waals surface area contributed by atoms with Crippen LogP contribution in [0.3, 0.4) is 0 Å². The van der Waals surface area contributed by atoms with E-state index in [2.05, 4.69) is 10.3 Å².